The van der Waals surface area contributed by atoms with E-state index in [1.807, 2.05) is 0 Å². The normalized spacial score (nSPS) is 14.4. The number of ether oxygens (including phenoxy) is 2. The molecule has 2 rings (SSSR count). The number of carboxylic acid groups (broad SMARTS) is 1. The Kier molecular flexibility index (Phi) is 3.57. The summed E-state index contributed by atoms with van der Waals surface area (Å²) >= 11 is 5.52. The number of amidine groups is 1. The number of nitrogens with two attached hydrogens (primary N) is 1. The largest absolute Gasteiger partial charge is 0.486 e. The fraction of sp³-hybridized carbons (Fsp3) is 0.273. The van der Waals surface area contributed by atoms with Gasteiger partial charge in [0.25, 0.3) is 0 Å². The lowest BCUT2D eigenvalue weighted by Gasteiger charge is -2.19. The maximum absolute atomic E-state index is 11.1. The van der Waals surface area contributed by atoms with Gasteiger partial charge in [0, 0.05) is 12.1 Å². The Morgan fingerprint density at radius 3 is 2.56 bits per heavy atom. The number of rotatable bonds is 3. The number of benzene rings is 1. The van der Waals surface area contributed by atoms with E-state index in [2.05, 4.69) is 4.99 Å². The van der Waals surface area contributed by atoms with Crippen molar-refractivity contribution in [3.8, 4) is 11.5 Å². The van der Waals surface area contributed by atoms with Gasteiger partial charge in [0.05, 0.1) is 17.1 Å². The summed E-state index contributed by atoms with van der Waals surface area (Å²) in [5.41, 5.74) is 5.70. The quantitative estimate of drug-likeness (QED) is 0.492. The zero-order valence-electron chi connectivity index (χ0n) is 9.35. The van der Waals surface area contributed by atoms with Crippen molar-refractivity contribution in [3.63, 3.8) is 0 Å². The third kappa shape index (κ3) is 2.48. The Morgan fingerprint density at radius 1 is 1.39 bits per heavy atom. The molecule has 0 bridgehead atoms. The van der Waals surface area contributed by atoms with E-state index in [-0.39, 0.29) is 23.0 Å². The molecule has 6 nitrogen and oxygen atoms in total. The molecule has 7 heteroatoms. The Morgan fingerprint density at radius 2 is 2.00 bits per heavy atom. The molecule has 96 valence electrons. The van der Waals surface area contributed by atoms with E-state index >= 15 is 0 Å². The molecule has 0 aromatic heterocycles. The van der Waals surface area contributed by atoms with Crippen LogP contribution < -0.4 is 15.2 Å². The summed E-state index contributed by atoms with van der Waals surface area (Å²) in [7, 11) is 0. The minimum Gasteiger partial charge on any atom is -0.486 e. The van der Waals surface area contributed by atoms with Crippen molar-refractivity contribution < 1.29 is 19.4 Å². The van der Waals surface area contributed by atoms with Gasteiger partial charge in [0.1, 0.15) is 19.0 Å². The van der Waals surface area contributed by atoms with E-state index in [9.17, 15) is 4.79 Å². The first-order valence-corrected chi connectivity index (χ1v) is 5.71. The number of nitrogens with zero attached hydrogens (tertiary/aromatic N) is 1. The molecule has 1 aromatic carbocycles. The molecule has 0 saturated carbocycles. The Hall–Kier alpha value is -1.95. The summed E-state index contributed by atoms with van der Waals surface area (Å²) < 4.78 is 10.7. The number of carbonyl (C=O) groups is 1. The Bertz CT molecular complexity index is 516. The molecule has 0 radical (unpaired) electrons. The van der Waals surface area contributed by atoms with Crippen LogP contribution in [-0.2, 0) is 0 Å². The molecule has 0 fully saturated rings. The lowest BCUT2D eigenvalue weighted by Crippen LogP contribution is -2.16. The Labute approximate surface area is 108 Å². The highest BCUT2D eigenvalue weighted by atomic mass is 35.5. The van der Waals surface area contributed by atoms with Crippen LogP contribution in [0.15, 0.2) is 17.1 Å². The highest BCUT2D eigenvalue weighted by molar-refractivity contribution is 6.28. The lowest BCUT2D eigenvalue weighted by atomic mass is 10.1. The van der Waals surface area contributed by atoms with Gasteiger partial charge in [-0.15, -0.1) is 11.6 Å². The molecule has 0 unspecified atom stereocenters. The van der Waals surface area contributed by atoms with Crippen LogP contribution in [0.25, 0.3) is 0 Å². The molecule has 3 N–H and O–H groups in total. The summed E-state index contributed by atoms with van der Waals surface area (Å²) in [5, 5.41) is 9.11. The number of aliphatic imine (C=N–C) groups is 1. The zero-order chi connectivity index (χ0) is 13.1. The van der Waals surface area contributed by atoms with Crippen LogP contribution in [-0.4, -0.2) is 36.0 Å². The molecule has 0 aliphatic carbocycles. The van der Waals surface area contributed by atoms with Gasteiger partial charge in [-0.05, 0) is 0 Å². The Balaban J connectivity index is 2.52. The molecule has 1 aliphatic heterocycles. The number of alkyl halides is 1. The van der Waals surface area contributed by atoms with Gasteiger partial charge in [-0.3, -0.25) is 0 Å². The number of halogens is 1. The maximum atomic E-state index is 11.1. The number of hydrogen-bond donors (Lipinski definition) is 2. The molecular weight excluding hydrogens is 260 g/mol. The SMILES string of the molecule is NC(CCl)=Nc1cc2c(cc1C(=O)O)OCCO2. The third-order valence-electron chi connectivity index (χ3n) is 2.29. The summed E-state index contributed by atoms with van der Waals surface area (Å²) in [5.74, 6) is -0.119. The van der Waals surface area contributed by atoms with Crippen molar-refractivity contribution >= 4 is 29.1 Å². The number of fused-ring (bicyclic) bond motifs is 1. The molecular formula is C11H11ClN2O4. The molecule has 0 spiro atoms. The summed E-state index contributed by atoms with van der Waals surface area (Å²) in [6.07, 6.45) is 0. The average Bonchev–Trinajstić information content (AvgIpc) is 2.37. The topological polar surface area (TPSA) is 94.1 Å². The molecule has 0 amide bonds. The van der Waals surface area contributed by atoms with Crippen molar-refractivity contribution in [1.29, 1.82) is 0 Å². The fourth-order valence-corrected chi connectivity index (χ4v) is 1.59. The van der Waals surface area contributed by atoms with Crippen molar-refractivity contribution in [2.45, 2.75) is 0 Å². The first kappa shape index (κ1) is 12.5. The van der Waals surface area contributed by atoms with Crippen molar-refractivity contribution in [3.05, 3.63) is 17.7 Å². The van der Waals surface area contributed by atoms with Gasteiger partial charge in [0.15, 0.2) is 11.5 Å². The standard InChI is InChI=1S/C11H11ClN2O4/c12-5-10(13)14-7-4-9-8(17-1-2-18-9)3-6(7)11(15)16/h3-4H,1-2,5H2,(H2,13,14)(H,15,16). The minimum absolute atomic E-state index is 0.00711. The van der Waals surface area contributed by atoms with Crippen LogP contribution in [0.3, 0.4) is 0 Å². The van der Waals surface area contributed by atoms with Crippen LogP contribution in [0.5, 0.6) is 11.5 Å². The van der Waals surface area contributed by atoms with Gasteiger partial charge in [0.2, 0.25) is 0 Å². The van der Waals surface area contributed by atoms with Crippen LogP contribution in [0.4, 0.5) is 5.69 Å². The summed E-state index contributed by atoms with van der Waals surface area (Å²) in [6.45, 7) is 0.798. The van der Waals surface area contributed by atoms with Crippen LogP contribution >= 0.6 is 11.6 Å². The molecule has 1 aromatic rings. The first-order valence-electron chi connectivity index (χ1n) is 5.17. The average molecular weight is 271 g/mol. The van der Waals surface area contributed by atoms with Crippen molar-refractivity contribution in [2.75, 3.05) is 19.1 Å². The van der Waals surface area contributed by atoms with Gasteiger partial charge in [-0.2, -0.15) is 0 Å². The molecule has 1 heterocycles. The molecule has 1 aliphatic rings. The van der Waals surface area contributed by atoms with Crippen LogP contribution in [0.2, 0.25) is 0 Å². The smallest absolute Gasteiger partial charge is 0.338 e. The fourth-order valence-electron chi connectivity index (χ4n) is 1.53. The van der Waals surface area contributed by atoms with Crippen molar-refractivity contribution in [2.24, 2.45) is 10.7 Å². The van der Waals surface area contributed by atoms with Gasteiger partial charge < -0.3 is 20.3 Å². The van der Waals surface area contributed by atoms with Crippen molar-refractivity contribution in [1.82, 2.24) is 0 Å². The lowest BCUT2D eigenvalue weighted by molar-refractivity contribution is 0.0696. The number of carboxylic acids is 1. The maximum Gasteiger partial charge on any atom is 0.338 e. The summed E-state index contributed by atoms with van der Waals surface area (Å²) in [4.78, 5) is 15.1. The molecule has 0 atom stereocenters. The molecule has 18 heavy (non-hydrogen) atoms. The van der Waals surface area contributed by atoms with Gasteiger partial charge >= 0.3 is 5.97 Å². The second-order valence-corrected chi connectivity index (χ2v) is 3.82. The number of hydrogen-bond acceptors (Lipinski definition) is 4. The van der Waals surface area contributed by atoms with E-state index in [0.717, 1.165) is 0 Å². The van der Waals surface area contributed by atoms with Gasteiger partial charge in [-0.25, -0.2) is 9.79 Å². The second kappa shape index (κ2) is 5.14. The highest BCUT2D eigenvalue weighted by Gasteiger charge is 2.19. The predicted octanol–water partition coefficient (Wildman–Crippen LogP) is 1.38. The molecule has 0 saturated heterocycles. The minimum atomic E-state index is -1.12. The van der Waals surface area contributed by atoms with E-state index in [4.69, 9.17) is 31.9 Å². The first-order chi connectivity index (χ1) is 8.61. The van der Waals surface area contributed by atoms with Crippen LogP contribution in [0.1, 0.15) is 10.4 Å². The van der Waals surface area contributed by atoms with Crippen LogP contribution in [0, 0.1) is 0 Å². The van der Waals surface area contributed by atoms with E-state index in [1.54, 1.807) is 0 Å². The monoisotopic (exact) mass is 270 g/mol. The third-order valence-corrected chi connectivity index (χ3v) is 2.57. The number of aromatic carboxylic acids is 1. The highest BCUT2D eigenvalue weighted by Crippen LogP contribution is 2.36. The van der Waals surface area contributed by atoms with Gasteiger partial charge in [-0.1, -0.05) is 0 Å². The predicted molar refractivity (Wildman–Crippen MR) is 66.4 cm³/mol. The van der Waals surface area contributed by atoms with E-state index in [0.29, 0.717) is 24.7 Å². The zero-order valence-corrected chi connectivity index (χ0v) is 10.1. The summed E-state index contributed by atoms with van der Waals surface area (Å²) in [6, 6.07) is 2.86. The van der Waals surface area contributed by atoms with E-state index in [1.165, 1.54) is 12.1 Å². The second-order valence-electron chi connectivity index (χ2n) is 3.55. The van der Waals surface area contributed by atoms with E-state index < -0.39 is 5.97 Å².